The van der Waals surface area contributed by atoms with Crippen molar-refractivity contribution in [3.63, 3.8) is 0 Å². The average molecular weight is 316 g/mol. The molecule has 0 saturated heterocycles. The van der Waals surface area contributed by atoms with Gasteiger partial charge in [0.05, 0.1) is 7.11 Å². The van der Waals surface area contributed by atoms with Crippen LogP contribution >= 0.6 is 0 Å². The van der Waals surface area contributed by atoms with Crippen LogP contribution in [0.1, 0.15) is 26.7 Å². The van der Waals surface area contributed by atoms with Crippen LogP contribution in [0.2, 0.25) is 0 Å². The number of hydrogen-bond donors (Lipinski definition) is 3. The Bertz CT molecular complexity index is 499. The normalized spacial score (nSPS) is 11.2. The highest BCUT2D eigenvalue weighted by molar-refractivity contribution is 5.89. The summed E-state index contributed by atoms with van der Waals surface area (Å²) < 4.78 is 31.5. The molecule has 7 heteroatoms. The molecule has 124 valence electrons. The summed E-state index contributed by atoms with van der Waals surface area (Å²) in [4.78, 5) is 11.6. The van der Waals surface area contributed by atoms with E-state index in [2.05, 4.69) is 15.4 Å². The van der Waals surface area contributed by atoms with Crippen LogP contribution in [0.4, 0.5) is 19.3 Å². The summed E-state index contributed by atoms with van der Waals surface area (Å²) in [5.74, 6) is -2.26. The SMILES string of the molecule is COc1c(F)cc(NC(=O)NCCCC(C)(C)CO)cc1F. The monoisotopic (exact) mass is 316 g/mol. The van der Waals surface area contributed by atoms with E-state index in [0.29, 0.717) is 13.0 Å². The Kier molecular flexibility index (Phi) is 6.55. The number of methoxy groups -OCH3 is 1. The maximum atomic E-state index is 13.5. The van der Waals surface area contributed by atoms with E-state index in [1.807, 2.05) is 13.8 Å². The molecular weight excluding hydrogens is 294 g/mol. The van der Waals surface area contributed by atoms with Crippen molar-refractivity contribution in [3.8, 4) is 5.75 Å². The Balaban J connectivity index is 2.46. The predicted octanol–water partition coefficient (Wildman–Crippen LogP) is 2.89. The third-order valence-electron chi connectivity index (χ3n) is 3.20. The maximum absolute atomic E-state index is 13.5. The van der Waals surface area contributed by atoms with Gasteiger partial charge in [-0.25, -0.2) is 13.6 Å². The van der Waals surface area contributed by atoms with Gasteiger partial charge in [0.2, 0.25) is 0 Å². The number of amides is 2. The summed E-state index contributed by atoms with van der Waals surface area (Å²) in [5.41, 5.74) is -0.190. The molecule has 0 aliphatic carbocycles. The van der Waals surface area contributed by atoms with Gasteiger partial charge in [-0.15, -0.1) is 0 Å². The van der Waals surface area contributed by atoms with Gasteiger partial charge in [0.1, 0.15) is 0 Å². The highest BCUT2D eigenvalue weighted by atomic mass is 19.1. The third kappa shape index (κ3) is 5.48. The predicted molar refractivity (Wildman–Crippen MR) is 80.0 cm³/mol. The molecule has 5 nitrogen and oxygen atoms in total. The van der Waals surface area contributed by atoms with Crippen molar-refractivity contribution < 1.29 is 23.4 Å². The number of halogens is 2. The van der Waals surface area contributed by atoms with Crippen LogP contribution in [0.25, 0.3) is 0 Å². The molecule has 0 atom stereocenters. The van der Waals surface area contributed by atoms with Crippen molar-refractivity contribution in [3.05, 3.63) is 23.8 Å². The lowest BCUT2D eigenvalue weighted by Crippen LogP contribution is -2.30. The summed E-state index contributed by atoms with van der Waals surface area (Å²) in [7, 11) is 1.16. The molecule has 0 unspecified atom stereocenters. The number of anilines is 1. The van der Waals surface area contributed by atoms with E-state index in [1.165, 1.54) is 0 Å². The van der Waals surface area contributed by atoms with Gasteiger partial charge in [-0.1, -0.05) is 13.8 Å². The summed E-state index contributed by atoms with van der Waals surface area (Å²) in [6, 6.07) is 1.41. The molecule has 1 aromatic rings. The molecule has 0 heterocycles. The van der Waals surface area contributed by atoms with Gasteiger partial charge >= 0.3 is 6.03 Å². The second kappa shape index (κ2) is 7.93. The molecule has 0 aliphatic rings. The lowest BCUT2D eigenvalue weighted by molar-refractivity contribution is 0.148. The summed E-state index contributed by atoms with van der Waals surface area (Å²) in [5, 5.41) is 14.1. The second-order valence-corrected chi connectivity index (χ2v) is 5.78. The number of aliphatic hydroxyl groups is 1. The lowest BCUT2D eigenvalue weighted by atomic mass is 9.89. The van der Waals surface area contributed by atoms with Crippen molar-refractivity contribution >= 4 is 11.7 Å². The van der Waals surface area contributed by atoms with Gasteiger partial charge in [-0.05, 0) is 18.3 Å². The van der Waals surface area contributed by atoms with Crippen LogP contribution in [0.5, 0.6) is 5.75 Å². The minimum atomic E-state index is -0.887. The van der Waals surface area contributed by atoms with Crippen LogP contribution in [-0.2, 0) is 0 Å². The number of benzene rings is 1. The topological polar surface area (TPSA) is 70.6 Å². The first kappa shape index (κ1) is 18.2. The number of hydrogen-bond acceptors (Lipinski definition) is 3. The Morgan fingerprint density at radius 3 is 2.41 bits per heavy atom. The number of ether oxygens (including phenoxy) is 1. The molecule has 1 rings (SSSR count). The lowest BCUT2D eigenvalue weighted by Gasteiger charge is -2.21. The van der Waals surface area contributed by atoms with Gasteiger partial charge in [-0.2, -0.15) is 0 Å². The molecule has 0 aromatic heterocycles. The molecule has 3 N–H and O–H groups in total. The fraction of sp³-hybridized carbons (Fsp3) is 0.533. The quantitative estimate of drug-likeness (QED) is 0.677. The van der Waals surface area contributed by atoms with Crippen molar-refractivity contribution in [2.24, 2.45) is 5.41 Å². The Morgan fingerprint density at radius 1 is 1.32 bits per heavy atom. The molecule has 0 bridgehead atoms. The van der Waals surface area contributed by atoms with E-state index in [-0.39, 0.29) is 17.7 Å². The van der Waals surface area contributed by atoms with E-state index >= 15 is 0 Å². The summed E-state index contributed by atoms with van der Waals surface area (Å²) >= 11 is 0. The summed E-state index contributed by atoms with van der Waals surface area (Å²) in [6.45, 7) is 4.33. The number of nitrogens with one attached hydrogen (secondary N) is 2. The van der Waals surface area contributed by atoms with E-state index in [0.717, 1.165) is 25.7 Å². The van der Waals surface area contributed by atoms with E-state index < -0.39 is 23.4 Å². The largest absolute Gasteiger partial charge is 0.491 e. The molecular formula is C15H22F2N2O3. The molecule has 0 aliphatic heterocycles. The molecule has 0 saturated carbocycles. The fourth-order valence-corrected chi connectivity index (χ4v) is 1.85. The number of rotatable bonds is 7. The first-order chi connectivity index (χ1) is 10.3. The first-order valence-corrected chi connectivity index (χ1v) is 6.98. The van der Waals surface area contributed by atoms with Gasteiger partial charge < -0.3 is 20.5 Å². The van der Waals surface area contributed by atoms with Gasteiger partial charge in [0.15, 0.2) is 17.4 Å². The highest BCUT2D eigenvalue weighted by Crippen LogP contribution is 2.25. The van der Waals surface area contributed by atoms with Crippen LogP contribution in [-0.4, -0.2) is 31.4 Å². The number of aliphatic hydroxyl groups excluding tert-OH is 1. The Hall–Kier alpha value is -1.89. The van der Waals surface area contributed by atoms with Gasteiger partial charge in [-0.3, -0.25) is 0 Å². The maximum Gasteiger partial charge on any atom is 0.319 e. The zero-order valence-corrected chi connectivity index (χ0v) is 13.0. The average Bonchev–Trinajstić information content (AvgIpc) is 2.43. The molecule has 0 fully saturated rings. The number of carbonyl (C=O) groups is 1. The molecule has 0 radical (unpaired) electrons. The van der Waals surface area contributed by atoms with Gasteiger partial charge in [0, 0.05) is 31.0 Å². The minimum absolute atomic E-state index is 0.00369. The van der Waals surface area contributed by atoms with Crippen molar-refractivity contribution in [2.45, 2.75) is 26.7 Å². The van der Waals surface area contributed by atoms with E-state index in [1.54, 1.807) is 0 Å². The fourth-order valence-electron chi connectivity index (χ4n) is 1.85. The van der Waals surface area contributed by atoms with Crippen molar-refractivity contribution in [1.82, 2.24) is 5.32 Å². The van der Waals surface area contributed by atoms with Crippen molar-refractivity contribution in [2.75, 3.05) is 25.6 Å². The highest BCUT2D eigenvalue weighted by Gasteiger charge is 2.16. The van der Waals surface area contributed by atoms with Crippen molar-refractivity contribution in [1.29, 1.82) is 0 Å². The minimum Gasteiger partial charge on any atom is -0.491 e. The van der Waals surface area contributed by atoms with Crippen LogP contribution in [0, 0.1) is 17.0 Å². The standard InChI is InChI=1S/C15H22F2N2O3/c1-15(2,9-20)5-4-6-18-14(21)19-10-7-11(16)13(22-3)12(17)8-10/h7-8,20H,4-6,9H2,1-3H3,(H2,18,19,21). The van der Waals surface area contributed by atoms with Crippen LogP contribution in [0.3, 0.4) is 0 Å². The van der Waals surface area contributed by atoms with Crippen LogP contribution in [0.15, 0.2) is 12.1 Å². The zero-order valence-electron chi connectivity index (χ0n) is 13.0. The second-order valence-electron chi connectivity index (χ2n) is 5.78. The van der Waals surface area contributed by atoms with Gasteiger partial charge in [0.25, 0.3) is 0 Å². The molecule has 0 spiro atoms. The molecule has 2 amide bonds. The number of urea groups is 1. The van der Waals surface area contributed by atoms with E-state index in [9.17, 15) is 13.6 Å². The third-order valence-corrected chi connectivity index (χ3v) is 3.20. The summed E-state index contributed by atoms with van der Waals surface area (Å²) in [6.07, 6.45) is 1.43. The Labute approximate surface area is 128 Å². The first-order valence-electron chi connectivity index (χ1n) is 6.98. The van der Waals surface area contributed by atoms with Crippen LogP contribution < -0.4 is 15.4 Å². The molecule has 22 heavy (non-hydrogen) atoms. The Morgan fingerprint density at radius 2 is 1.91 bits per heavy atom. The number of carbonyl (C=O) groups excluding carboxylic acids is 1. The van der Waals surface area contributed by atoms with E-state index in [4.69, 9.17) is 5.11 Å². The zero-order chi connectivity index (χ0) is 16.8. The smallest absolute Gasteiger partial charge is 0.319 e. The molecule has 1 aromatic carbocycles.